The molecule has 0 bridgehead atoms. The fourth-order valence-electron chi connectivity index (χ4n) is 3.80. The Balaban J connectivity index is 2.01. The standard InChI is InChI=1S/C25H20N2O3/c1-17(18(2)28)25-23-14-7-6-11-20(23)15-24(19-9-4-3-5-10-19)26(25)21-12-8-13-22(16-21)27(29)30/h3-16,25H,1H2,2H3. The highest BCUT2D eigenvalue weighted by Gasteiger charge is 2.34. The third kappa shape index (κ3) is 3.42. The second-order valence-electron chi connectivity index (χ2n) is 7.16. The number of benzene rings is 3. The lowest BCUT2D eigenvalue weighted by molar-refractivity contribution is -0.384. The predicted octanol–water partition coefficient (Wildman–Crippen LogP) is 5.80. The minimum Gasteiger partial charge on any atom is -0.329 e. The minimum atomic E-state index is -0.471. The van der Waals surface area contributed by atoms with Gasteiger partial charge in [0.15, 0.2) is 5.78 Å². The molecule has 0 aliphatic carbocycles. The highest BCUT2D eigenvalue weighted by molar-refractivity contribution is 6.00. The van der Waals surface area contributed by atoms with Crippen molar-refractivity contribution >= 4 is 28.9 Å². The number of hydrogen-bond donors (Lipinski definition) is 0. The molecule has 1 aliphatic rings. The van der Waals surface area contributed by atoms with E-state index >= 15 is 0 Å². The molecule has 0 amide bonds. The summed E-state index contributed by atoms with van der Waals surface area (Å²) in [5.41, 5.74) is 4.76. The maximum atomic E-state index is 12.4. The third-order valence-electron chi connectivity index (χ3n) is 5.27. The van der Waals surface area contributed by atoms with Crippen molar-refractivity contribution in [3.05, 3.63) is 118 Å². The number of fused-ring (bicyclic) bond motifs is 1. The summed E-state index contributed by atoms with van der Waals surface area (Å²) in [4.78, 5) is 25.4. The first kappa shape index (κ1) is 19.3. The molecule has 0 saturated heterocycles. The van der Waals surface area contributed by atoms with Crippen molar-refractivity contribution in [2.45, 2.75) is 13.0 Å². The smallest absolute Gasteiger partial charge is 0.271 e. The zero-order valence-electron chi connectivity index (χ0n) is 16.5. The van der Waals surface area contributed by atoms with Crippen LogP contribution in [0.1, 0.15) is 29.7 Å². The molecule has 0 fully saturated rings. The van der Waals surface area contributed by atoms with Gasteiger partial charge < -0.3 is 4.90 Å². The van der Waals surface area contributed by atoms with Crippen LogP contribution >= 0.6 is 0 Å². The summed E-state index contributed by atoms with van der Waals surface area (Å²) in [6.07, 6.45) is 2.05. The topological polar surface area (TPSA) is 63.5 Å². The van der Waals surface area contributed by atoms with E-state index in [9.17, 15) is 14.9 Å². The number of ketones is 1. The van der Waals surface area contributed by atoms with Crippen molar-refractivity contribution < 1.29 is 9.72 Å². The number of carbonyl (C=O) groups is 1. The summed E-state index contributed by atoms with van der Waals surface area (Å²) < 4.78 is 0. The molecular weight excluding hydrogens is 376 g/mol. The summed E-state index contributed by atoms with van der Waals surface area (Å²) in [6, 6.07) is 23.6. The molecule has 148 valence electrons. The van der Waals surface area contributed by atoms with Crippen molar-refractivity contribution in [2.75, 3.05) is 4.90 Å². The van der Waals surface area contributed by atoms with Gasteiger partial charge in [-0.25, -0.2) is 0 Å². The molecule has 4 rings (SSSR count). The van der Waals surface area contributed by atoms with E-state index in [1.54, 1.807) is 6.07 Å². The number of nitrogens with zero attached hydrogens (tertiary/aromatic N) is 2. The molecule has 0 spiro atoms. The number of nitro groups is 1. The zero-order valence-corrected chi connectivity index (χ0v) is 16.5. The number of Topliss-reactive ketones (excluding diaryl/α,β-unsaturated/α-hetero) is 1. The van der Waals surface area contributed by atoms with Gasteiger partial charge in [0, 0.05) is 29.1 Å². The van der Waals surface area contributed by atoms with Gasteiger partial charge in [0.2, 0.25) is 0 Å². The van der Waals surface area contributed by atoms with Crippen molar-refractivity contribution in [2.24, 2.45) is 0 Å². The summed E-state index contributed by atoms with van der Waals surface area (Å²) in [5, 5.41) is 11.4. The molecule has 0 aromatic heterocycles. The Morgan fingerprint density at radius 3 is 2.40 bits per heavy atom. The highest BCUT2D eigenvalue weighted by atomic mass is 16.6. The van der Waals surface area contributed by atoms with Crippen molar-refractivity contribution in [3.8, 4) is 0 Å². The van der Waals surface area contributed by atoms with E-state index in [-0.39, 0.29) is 11.5 Å². The zero-order chi connectivity index (χ0) is 21.3. The Morgan fingerprint density at radius 1 is 1.00 bits per heavy atom. The van der Waals surface area contributed by atoms with Gasteiger partial charge in [-0.2, -0.15) is 0 Å². The first-order chi connectivity index (χ1) is 14.5. The van der Waals surface area contributed by atoms with Crippen LogP contribution < -0.4 is 4.90 Å². The van der Waals surface area contributed by atoms with Crippen LogP contribution in [0.3, 0.4) is 0 Å². The largest absolute Gasteiger partial charge is 0.329 e. The summed E-state index contributed by atoms with van der Waals surface area (Å²) >= 11 is 0. The van der Waals surface area contributed by atoms with Crippen LogP contribution in [0.2, 0.25) is 0 Å². The Kier molecular flexibility index (Phi) is 5.02. The molecule has 1 aliphatic heterocycles. The molecule has 1 heterocycles. The molecule has 1 unspecified atom stereocenters. The number of nitro benzene ring substituents is 1. The average molecular weight is 396 g/mol. The molecule has 0 N–H and O–H groups in total. The molecule has 5 nitrogen and oxygen atoms in total. The van der Waals surface area contributed by atoms with Gasteiger partial charge in [-0.05, 0) is 35.8 Å². The van der Waals surface area contributed by atoms with Gasteiger partial charge in [-0.15, -0.1) is 0 Å². The summed E-state index contributed by atoms with van der Waals surface area (Å²) in [5.74, 6) is -0.125. The number of rotatable bonds is 5. The average Bonchev–Trinajstić information content (AvgIpc) is 2.77. The van der Waals surface area contributed by atoms with E-state index in [2.05, 4.69) is 6.58 Å². The molecule has 3 aromatic rings. The lowest BCUT2D eigenvalue weighted by Gasteiger charge is -2.40. The van der Waals surface area contributed by atoms with Crippen molar-refractivity contribution in [3.63, 3.8) is 0 Å². The molecule has 1 atom stereocenters. The second kappa shape index (κ2) is 7.79. The van der Waals surface area contributed by atoms with E-state index in [1.807, 2.05) is 71.6 Å². The van der Waals surface area contributed by atoms with E-state index in [0.717, 1.165) is 22.4 Å². The molecule has 3 aromatic carbocycles. The van der Waals surface area contributed by atoms with Crippen LogP contribution in [0.4, 0.5) is 11.4 Å². The van der Waals surface area contributed by atoms with E-state index < -0.39 is 11.0 Å². The predicted molar refractivity (Wildman–Crippen MR) is 119 cm³/mol. The van der Waals surface area contributed by atoms with Gasteiger partial charge in [0.05, 0.1) is 11.0 Å². The van der Waals surface area contributed by atoms with Crippen LogP contribution in [0.25, 0.3) is 11.8 Å². The highest BCUT2D eigenvalue weighted by Crippen LogP contribution is 2.45. The molecular formula is C25H20N2O3. The molecule has 0 radical (unpaired) electrons. The van der Waals surface area contributed by atoms with E-state index in [4.69, 9.17) is 0 Å². The van der Waals surface area contributed by atoms with Gasteiger partial charge in [-0.1, -0.05) is 67.2 Å². The second-order valence-corrected chi connectivity index (χ2v) is 7.16. The quantitative estimate of drug-likeness (QED) is 0.311. The Labute approximate surface area is 174 Å². The van der Waals surface area contributed by atoms with Gasteiger partial charge >= 0.3 is 0 Å². The number of non-ortho nitro benzene ring substituents is 1. The molecule has 5 heteroatoms. The Bertz CT molecular complexity index is 1180. The maximum absolute atomic E-state index is 12.4. The summed E-state index contributed by atoms with van der Waals surface area (Å²) in [7, 11) is 0. The first-order valence-electron chi connectivity index (χ1n) is 9.57. The monoisotopic (exact) mass is 396 g/mol. The summed E-state index contributed by atoms with van der Waals surface area (Å²) in [6.45, 7) is 5.58. The van der Waals surface area contributed by atoms with Crippen LogP contribution in [0.15, 0.2) is 91.0 Å². The Hall–Kier alpha value is -3.99. The van der Waals surface area contributed by atoms with Gasteiger partial charge in [-0.3, -0.25) is 14.9 Å². The van der Waals surface area contributed by atoms with E-state index in [1.165, 1.54) is 19.1 Å². The van der Waals surface area contributed by atoms with Crippen LogP contribution in [0.5, 0.6) is 0 Å². The number of hydrogen-bond acceptors (Lipinski definition) is 4. The minimum absolute atomic E-state index is 0.00837. The fraction of sp³-hybridized carbons (Fsp3) is 0.0800. The van der Waals surface area contributed by atoms with Crippen LogP contribution in [-0.4, -0.2) is 10.7 Å². The van der Waals surface area contributed by atoms with Crippen molar-refractivity contribution in [1.82, 2.24) is 0 Å². The van der Waals surface area contributed by atoms with Gasteiger partial charge in [0.1, 0.15) is 0 Å². The number of carbonyl (C=O) groups excluding carboxylic acids is 1. The lowest BCUT2D eigenvalue weighted by Crippen LogP contribution is -2.33. The number of anilines is 1. The fourth-order valence-corrected chi connectivity index (χ4v) is 3.80. The normalized spacial score (nSPS) is 15.2. The molecule has 0 saturated carbocycles. The van der Waals surface area contributed by atoms with Crippen LogP contribution in [-0.2, 0) is 4.79 Å². The van der Waals surface area contributed by atoms with Gasteiger partial charge in [0.25, 0.3) is 5.69 Å². The van der Waals surface area contributed by atoms with Crippen LogP contribution in [0, 0.1) is 10.1 Å². The maximum Gasteiger partial charge on any atom is 0.271 e. The SMILES string of the molecule is C=C(C(C)=O)C1c2ccccc2C=C(c2ccccc2)N1c1cccc([N+](=O)[O-])c1. The lowest BCUT2D eigenvalue weighted by atomic mass is 9.86. The third-order valence-corrected chi connectivity index (χ3v) is 5.27. The van der Waals surface area contributed by atoms with E-state index in [0.29, 0.717) is 11.3 Å². The molecule has 30 heavy (non-hydrogen) atoms. The first-order valence-corrected chi connectivity index (χ1v) is 9.57. The Morgan fingerprint density at radius 2 is 1.70 bits per heavy atom. The van der Waals surface area contributed by atoms with Crippen molar-refractivity contribution in [1.29, 1.82) is 0 Å².